The predicted octanol–water partition coefficient (Wildman–Crippen LogP) is 4.98. The highest BCUT2D eigenvalue weighted by atomic mass is 35.5. The summed E-state index contributed by atoms with van der Waals surface area (Å²) in [5, 5.41) is 0.677. The topological polar surface area (TPSA) is 30.2 Å². The van der Waals surface area contributed by atoms with Gasteiger partial charge < -0.3 is 0 Å². The Morgan fingerprint density at radius 1 is 1.19 bits per heavy atom. The number of aromatic nitrogens is 2. The molecule has 1 atom stereocenters. The first-order chi connectivity index (χ1) is 12.6. The number of nitrogens with zero attached hydrogens (tertiary/aromatic N) is 3. The molecule has 2 aromatic carbocycles. The molecule has 4 rings (SSSR count). The molecule has 2 heterocycles. The van der Waals surface area contributed by atoms with Crippen molar-refractivity contribution in [1.29, 1.82) is 0 Å². The molecule has 1 aromatic heterocycles. The Hall–Kier alpha value is -2.83. The van der Waals surface area contributed by atoms with Crippen LogP contribution in [0, 0.1) is 12.3 Å². The van der Waals surface area contributed by atoms with Gasteiger partial charge in [0.15, 0.2) is 0 Å². The number of hydrogen-bond donors (Lipinski definition) is 0. The molecular weight excluding hydrogens is 342 g/mol. The second kappa shape index (κ2) is 6.48. The van der Waals surface area contributed by atoms with Crippen LogP contribution in [0.1, 0.15) is 48.1 Å². The fourth-order valence-corrected chi connectivity index (χ4v) is 3.66. The van der Waals surface area contributed by atoms with Crippen LogP contribution >= 0.6 is 11.6 Å². The minimum atomic E-state index is -0.0456. The van der Waals surface area contributed by atoms with Crippen molar-refractivity contribution >= 4 is 17.3 Å². The normalized spacial score (nSPS) is 15.5. The van der Waals surface area contributed by atoms with Crippen LogP contribution in [0.25, 0.3) is 5.69 Å². The first-order valence-electron chi connectivity index (χ1n) is 8.64. The number of rotatable bonds is 2. The Morgan fingerprint density at radius 2 is 2.00 bits per heavy atom. The summed E-state index contributed by atoms with van der Waals surface area (Å²) in [5.74, 6) is 3.74. The maximum Gasteiger partial charge on any atom is 0.113 e. The molecule has 0 saturated heterocycles. The number of fused-ring (bicyclic) bond motifs is 3. The van der Waals surface area contributed by atoms with E-state index in [9.17, 15) is 0 Å². The van der Waals surface area contributed by atoms with Crippen LogP contribution in [0.15, 0.2) is 53.7 Å². The summed E-state index contributed by atoms with van der Waals surface area (Å²) in [6.45, 7) is 4.19. The molecule has 3 aromatic rings. The minimum absolute atomic E-state index is 0.0456. The van der Waals surface area contributed by atoms with Gasteiger partial charge in [0.25, 0.3) is 0 Å². The van der Waals surface area contributed by atoms with Crippen molar-refractivity contribution < 1.29 is 0 Å². The first kappa shape index (κ1) is 16.6. The number of aliphatic imine (C=N–C) groups is 1. The van der Waals surface area contributed by atoms with E-state index in [-0.39, 0.29) is 6.04 Å². The molecule has 0 N–H and O–H groups in total. The molecule has 0 bridgehead atoms. The van der Waals surface area contributed by atoms with E-state index >= 15 is 0 Å². The van der Waals surface area contributed by atoms with Gasteiger partial charge in [0.05, 0.1) is 29.3 Å². The smallest absolute Gasteiger partial charge is 0.113 e. The van der Waals surface area contributed by atoms with E-state index in [0.29, 0.717) is 5.02 Å². The zero-order chi connectivity index (χ0) is 18.3. The van der Waals surface area contributed by atoms with Gasteiger partial charge in [0.2, 0.25) is 0 Å². The minimum Gasteiger partial charge on any atom is -0.298 e. The molecule has 1 aliphatic heterocycles. The van der Waals surface area contributed by atoms with Crippen LogP contribution in [0.3, 0.4) is 0 Å². The van der Waals surface area contributed by atoms with Crippen molar-refractivity contribution in [3.63, 3.8) is 0 Å². The van der Waals surface area contributed by atoms with Crippen LogP contribution in [0.5, 0.6) is 0 Å². The number of terminal acetylenes is 1. The average molecular weight is 360 g/mol. The lowest BCUT2D eigenvalue weighted by Gasteiger charge is -2.15. The second-order valence-electron chi connectivity index (χ2n) is 6.30. The molecule has 128 valence electrons. The molecule has 3 nitrogen and oxygen atoms in total. The van der Waals surface area contributed by atoms with Crippen molar-refractivity contribution in [2.75, 3.05) is 0 Å². The van der Waals surface area contributed by atoms with Gasteiger partial charge in [-0.05, 0) is 31.2 Å². The Morgan fingerprint density at radius 3 is 2.73 bits per heavy atom. The third kappa shape index (κ3) is 2.55. The lowest BCUT2D eigenvalue weighted by molar-refractivity contribution is 0.746. The van der Waals surface area contributed by atoms with Crippen molar-refractivity contribution in [3.05, 3.63) is 81.9 Å². The average Bonchev–Trinajstić information content (AvgIpc) is 3.05. The van der Waals surface area contributed by atoms with Gasteiger partial charge in [-0.3, -0.25) is 9.56 Å². The van der Waals surface area contributed by atoms with E-state index < -0.39 is 0 Å². The third-order valence-corrected chi connectivity index (χ3v) is 5.05. The third-order valence-electron chi connectivity index (χ3n) is 4.72. The van der Waals surface area contributed by atoms with Crippen LogP contribution in [0.2, 0.25) is 5.02 Å². The van der Waals surface area contributed by atoms with Crippen molar-refractivity contribution in [2.24, 2.45) is 4.99 Å². The van der Waals surface area contributed by atoms with E-state index in [2.05, 4.69) is 35.4 Å². The summed E-state index contributed by atoms with van der Waals surface area (Å²) >= 11 is 6.50. The monoisotopic (exact) mass is 359 g/mol. The highest BCUT2D eigenvalue weighted by molar-refractivity contribution is 6.35. The second-order valence-corrected chi connectivity index (χ2v) is 6.71. The number of imidazole rings is 1. The Balaban J connectivity index is 2.07. The summed E-state index contributed by atoms with van der Waals surface area (Å²) in [5.41, 5.74) is 5.67. The van der Waals surface area contributed by atoms with Gasteiger partial charge in [-0.1, -0.05) is 42.6 Å². The molecule has 0 saturated carbocycles. The van der Waals surface area contributed by atoms with E-state index in [1.807, 2.05) is 42.6 Å². The van der Waals surface area contributed by atoms with Gasteiger partial charge in [-0.25, -0.2) is 4.98 Å². The summed E-state index contributed by atoms with van der Waals surface area (Å²) < 4.78 is 2.20. The van der Waals surface area contributed by atoms with Crippen molar-refractivity contribution in [3.8, 4) is 18.0 Å². The van der Waals surface area contributed by atoms with Crippen LogP contribution in [-0.2, 0) is 6.42 Å². The predicted molar refractivity (Wildman–Crippen MR) is 106 cm³/mol. The Bertz CT molecular complexity index is 1070. The molecule has 0 radical (unpaired) electrons. The lowest BCUT2D eigenvalue weighted by atomic mass is 9.98. The fourth-order valence-electron chi connectivity index (χ4n) is 3.44. The number of halogens is 1. The highest BCUT2D eigenvalue weighted by Crippen LogP contribution is 2.33. The van der Waals surface area contributed by atoms with Gasteiger partial charge in [0.1, 0.15) is 5.82 Å². The summed E-state index contributed by atoms with van der Waals surface area (Å²) in [7, 11) is 0. The van der Waals surface area contributed by atoms with Crippen LogP contribution < -0.4 is 0 Å². The molecule has 26 heavy (non-hydrogen) atoms. The standard InChI is InChI=1S/C22H18ClN3/c1-4-15-10-11-19-17(12-15)22(16-8-6-7-9-18(16)23)25-14(3)20-13-24-21(5-2)26(19)20/h1,6-14H,5H2,2-3H3/t14-/m0/s1. The fraction of sp³-hybridized carbons (Fsp3) is 0.182. The molecule has 0 amide bonds. The maximum absolute atomic E-state index is 6.50. The quantitative estimate of drug-likeness (QED) is 0.593. The number of aryl methyl sites for hydroxylation is 1. The summed E-state index contributed by atoms with van der Waals surface area (Å²) in [6.07, 6.45) is 8.41. The largest absolute Gasteiger partial charge is 0.298 e. The molecule has 0 unspecified atom stereocenters. The zero-order valence-electron chi connectivity index (χ0n) is 14.7. The summed E-state index contributed by atoms with van der Waals surface area (Å²) in [6, 6.07) is 13.8. The van der Waals surface area contributed by atoms with E-state index in [4.69, 9.17) is 23.0 Å². The first-order valence-corrected chi connectivity index (χ1v) is 9.02. The molecule has 0 spiro atoms. The highest BCUT2D eigenvalue weighted by Gasteiger charge is 2.25. The number of benzene rings is 2. The van der Waals surface area contributed by atoms with E-state index in [1.54, 1.807) is 0 Å². The zero-order valence-corrected chi connectivity index (χ0v) is 15.5. The SMILES string of the molecule is C#Cc1ccc2c(c1)C(c1ccccc1Cl)=N[C@@H](C)c1cnc(CC)n1-2. The molecule has 0 fully saturated rings. The molecule has 1 aliphatic rings. The number of hydrogen-bond acceptors (Lipinski definition) is 2. The van der Waals surface area contributed by atoms with Gasteiger partial charge in [-0.15, -0.1) is 6.42 Å². The maximum atomic E-state index is 6.50. The van der Waals surface area contributed by atoms with Crippen LogP contribution in [-0.4, -0.2) is 15.3 Å². The van der Waals surface area contributed by atoms with Crippen molar-refractivity contribution in [2.45, 2.75) is 26.3 Å². The van der Waals surface area contributed by atoms with Crippen molar-refractivity contribution in [1.82, 2.24) is 9.55 Å². The lowest BCUT2D eigenvalue weighted by Crippen LogP contribution is -2.10. The van der Waals surface area contributed by atoms with Gasteiger partial charge in [0, 0.05) is 28.1 Å². The van der Waals surface area contributed by atoms with Gasteiger partial charge >= 0.3 is 0 Å². The Labute approximate surface area is 158 Å². The van der Waals surface area contributed by atoms with Crippen LogP contribution in [0.4, 0.5) is 0 Å². The Kier molecular flexibility index (Phi) is 4.14. The van der Waals surface area contributed by atoms with E-state index in [1.165, 1.54) is 0 Å². The molecule has 4 heteroatoms. The molecule has 0 aliphatic carbocycles. The van der Waals surface area contributed by atoms with E-state index in [0.717, 1.165) is 46.0 Å². The van der Waals surface area contributed by atoms with Gasteiger partial charge in [-0.2, -0.15) is 0 Å². The molecular formula is C22H18ClN3. The summed E-state index contributed by atoms with van der Waals surface area (Å²) in [4.78, 5) is 9.61.